The molecule has 0 atom stereocenters. The first kappa shape index (κ1) is 19.1. The largest absolute Gasteiger partial charge is 0.465 e. The van der Waals surface area contributed by atoms with Crippen molar-refractivity contribution in [2.75, 3.05) is 19.5 Å². The zero-order chi connectivity index (χ0) is 19.1. The number of carbonyl (C=O) groups is 3. The topological polar surface area (TPSA) is 93.7 Å². The van der Waals surface area contributed by atoms with Crippen molar-refractivity contribution < 1.29 is 23.9 Å². The maximum Gasteiger partial charge on any atom is 0.339 e. The van der Waals surface area contributed by atoms with Crippen LogP contribution in [-0.2, 0) is 9.47 Å². The van der Waals surface area contributed by atoms with Crippen LogP contribution in [0.2, 0.25) is 0 Å². The minimum atomic E-state index is -0.549. The Bertz CT molecular complexity index is 866. The number of rotatable bonds is 4. The van der Waals surface area contributed by atoms with E-state index < -0.39 is 17.8 Å². The number of nitrogens with one attached hydrogen (secondary N) is 2. The van der Waals surface area contributed by atoms with E-state index in [1.54, 1.807) is 30.3 Å². The second-order valence-corrected chi connectivity index (χ2v) is 5.43. The summed E-state index contributed by atoms with van der Waals surface area (Å²) in [5.41, 5.74) is 1.15. The molecule has 0 heterocycles. The van der Waals surface area contributed by atoms with E-state index in [9.17, 15) is 14.4 Å². The zero-order valence-electron chi connectivity index (χ0n) is 14.1. The summed E-state index contributed by atoms with van der Waals surface area (Å²) in [4.78, 5) is 35.6. The van der Waals surface area contributed by atoms with Crippen LogP contribution in [0.5, 0.6) is 0 Å². The molecule has 0 aliphatic rings. The fraction of sp³-hybridized carbons (Fsp3) is 0.111. The molecule has 0 saturated heterocycles. The number of esters is 2. The van der Waals surface area contributed by atoms with Crippen LogP contribution in [0.15, 0.2) is 48.5 Å². The third-order valence-corrected chi connectivity index (χ3v) is 3.56. The molecular formula is C18H16N2O5S. The monoisotopic (exact) mass is 372 g/mol. The van der Waals surface area contributed by atoms with E-state index in [1.165, 1.54) is 32.4 Å². The summed E-state index contributed by atoms with van der Waals surface area (Å²) in [5, 5.41) is 5.27. The first-order chi connectivity index (χ1) is 12.5. The number of thiocarbonyl (C=S) groups is 1. The normalized spacial score (nSPS) is 9.77. The Hall–Kier alpha value is -3.26. The van der Waals surface area contributed by atoms with Crippen LogP contribution in [0.1, 0.15) is 31.1 Å². The highest BCUT2D eigenvalue weighted by molar-refractivity contribution is 7.80. The summed E-state index contributed by atoms with van der Waals surface area (Å²) in [6.07, 6.45) is 0. The Balaban J connectivity index is 2.10. The number of anilines is 1. The summed E-state index contributed by atoms with van der Waals surface area (Å²) in [6.45, 7) is 0. The highest BCUT2D eigenvalue weighted by Crippen LogP contribution is 2.16. The molecule has 2 aromatic rings. The Morgan fingerprint density at radius 2 is 1.54 bits per heavy atom. The van der Waals surface area contributed by atoms with Gasteiger partial charge in [-0.3, -0.25) is 10.1 Å². The lowest BCUT2D eigenvalue weighted by atomic mass is 10.1. The van der Waals surface area contributed by atoms with E-state index in [4.69, 9.17) is 17.0 Å². The van der Waals surface area contributed by atoms with E-state index in [-0.39, 0.29) is 21.8 Å². The van der Waals surface area contributed by atoms with Crippen LogP contribution in [0.3, 0.4) is 0 Å². The van der Waals surface area contributed by atoms with Crippen LogP contribution < -0.4 is 10.6 Å². The number of ether oxygens (including phenoxy) is 2. The molecule has 0 aliphatic carbocycles. The summed E-state index contributed by atoms with van der Waals surface area (Å²) in [5.74, 6) is -1.59. The molecule has 2 aromatic carbocycles. The van der Waals surface area contributed by atoms with Crippen molar-refractivity contribution in [3.05, 3.63) is 65.2 Å². The maximum atomic E-state index is 12.3. The van der Waals surface area contributed by atoms with Crippen LogP contribution in [0, 0.1) is 0 Å². The number of benzene rings is 2. The maximum absolute atomic E-state index is 12.3. The molecule has 8 heteroatoms. The number of para-hydroxylation sites is 1. The van der Waals surface area contributed by atoms with E-state index >= 15 is 0 Å². The van der Waals surface area contributed by atoms with E-state index in [1.807, 2.05) is 0 Å². The molecule has 0 aliphatic heterocycles. The fourth-order valence-electron chi connectivity index (χ4n) is 2.11. The van der Waals surface area contributed by atoms with Gasteiger partial charge in [-0.25, -0.2) is 9.59 Å². The quantitative estimate of drug-likeness (QED) is 0.629. The SMILES string of the molecule is COC(=O)c1cccc(C(=O)NC(=S)Nc2ccccc2C(=O)OC)c1. The lowest BCUT2D eigenvalue weighted by molar-refractivity contribution is 0.0592. The summed E-state index contributed by atoms with van der Waals surface area (Å²) >= 11 is 5.12. The van der Waals surface area contributed by atoms with Gasteiger partial charge in [-0.15, -0.1) is 0 Å². The molecular weight excluding hydrogens is 356 g/mol. The number of hydrogen-bond donors (Lipinski definition) is 2. The van der Waals surface area contributed by atoms with Gasteiger partial charge >= 0.3 is 11.9 Å². The molecule has 0 unspecified atom stereocenters. The summed E-state index contributed by atoms with van der Waals surface area (Å²) in [7, 11) is 2.53. The average molecular weight is 372 g/mol. The Morgan fingerprint density at radius 1 is 0.885 bits per heavy atom. The average Bonchev–Trinajstić information content (AvgIpc) is 2.67. The van der Waals surface area contributed by atoms with Crippen molar-refractivity contribution in [2.45, 2.75) is 0 Å². The molecule has 26 heavy (non-hydrogen) atoms. The fourth-order valence-corrected chi connectivity index (χ4v) is 2.32. The van der Waals surface area contributed by atoms with Crippen molar-refractivity contribution >= 4 is 40.9 Å². The van der Waals surface area contributed by atoms with Crippen LogP contribution in [0.25, 0.3) is 0 Å². The molecule has 0 radical (unpaired) electrons. The molecule has 0 spiro atoms. The van der Waals surface area contributed by atoms with Crippen molar-refractivity contribution in [2.24, 2.45) is 0 Å². The lowest BCUT2D eigenvalue weighted by Gasteiger charge is -2.12. The lowest BCUT2D eigenvalue weighted by Crippen LogP contribution is -2.34. The van der Waals surface area contributed by atoms with Gasteiger partial charge < -0.3 is 14.8 Å². The second-order valence-electron chi connectivity index (χ2n) is 5.02. The number of hydrogen-bond acceptors (Lipinski definition) is 6. The third-order valence-electron chi connectivity index (χ3n) is 3.35. The van der Waals surface area contributed by atoms with Gasteiger partial charge in [0.25, 0.3) is 5.91 Å². The predicted octanol–water partition coefficient (Wildman–Crippen LogP) is 2.39. The zero-order valence-corrected chi connectivity index (χ0v) is 14.9. The van der Waals surface area contributed by atoms with E-state index in [0.29, 0.717) is 5.69 Å². The van der Waals surface area contributed by atoms with Gasteiger partial charge in [0.2, 0.25) is 0 Å². The van der Waals surface area contributed by atoms with Gasteiger partial charge in [0.15, 0.2) is 5.11 Å². The Labute approximate surface area is 155 Å². The van der Waals surface area contributed by atoms with Crippen molar-refractivity contribution in [1.29, 1.82) is 0 Å². The minimum absolute atomic E-state index is 0.00479. The van der Waals surface area contributed by atoms with Gasteiger partial charge in [0.1, 0.15) is 0 Å². The summed E-state index contributed by atoms with van der Waals surface area (Å²) < 4.78 is 9.33. The van der Waals surface area contributed by atoms with Crippen LogP contribution in [0.4, 0.5) is 5.69 Å². The van der Waals surface area contributed by atoms with Crippen molar-refractivity contribution in [3.8, 4) is 0 Å². The molecule has 7 nitrogen and oxygen atoms in total. The second kappa shape index (κ2) is 8.72. The first-order valence-electron chi connectivity index (χ1n) is 7.44. The smallest absolute Gasteiger partial charge is 0.339 e. The number of amides is 1. The Morgan fingerprint density at radius 3 is 2.23 bits per heavy atom. The van der Waals surface area contributed by atoms with Crippen molar-refractivity contribution in [3.63, 3.8) is 0 Å². The van der Waals surface area contributed by atoms with Gasteiger partial charge in [0.05, 0.1) is 31.0 Å². The number of methoxy groups -OCH3 is 2. The third kappa shape index (κ3) is 4.64. The van der Waals surface area contributed by atoms with Crippen LogP contribution in [-0.4, -0.2) is 37.2 Å². The highest BCUT2D eigenvalue weighted by Gasteiger charge is 2.15. The Kier molecular flexibility index (Phi) is 6.40. The minimum Gasteiger partial charge on any atom is -0.465 e. The highest BCUT2D eigenvalue weighted by atomic mass is 32.1. The molecule has 2 N–H and O–H groups in total. The molecule has 134 valence electrons. The molecule has 2 rings (SSSR count). The standard InChI is InChI=1S/C18H16N2O5S/c1-24-16(22)12-7-5-6-11(10-12)15(21)20-18(26)19-14-9-4-3-8-13(14)17(23)25-2/h3-10H,1-2H3,(H2,19,20,21,26). The summed E-state index contributed by atoms with van der Waals surface area (Å²) in [6, 6.07) is 12.6. The molecule has 0 fully saturated rings. The molecule has 1 amide bonds. The van der Waals surface area contributed by atoms with Crippen LogP contribution >= 0.6 is 12.2 Å². The number of carbonyl (C=O) groups excluding carboxylic acids is 3. The molecule has 0 saturated carbocycles. The van der Waals surface area contributed by atoms with Gasteiger partial charge in [-0.1, -0.05) is 18.2 Å². The predicted molar refractivity (Wildman–Crippen MR) is 99.2 cm³/mol. The van der Waals surface area contributed by atoms with Gasteiger partial charge in [-0.05, 0) is 42.5 Å². The van der Waals surface area contributed by atoms with Crippen molar-refractivity contribution in [1.82, 2.24) is 5.32 Å². The van der Waals surface area contributed by atoms with E-state index in [0.717, 1.165) is 0 Å². The molecule has 0 aromatic heterocycles. The van der Waals surface area contributed by atoms with Gasteiger partial charge in [0, 0.05) is 5.56 Å². The first-order valence-corrected chi connectivity index (χ1v) is 7.85. The van der Waals surface area contributed by atoms with Gasteiger partial charge in [-0.2, -0.15) is 0 Å². The molecule has 0 bridgehead atoms. The van der Waals surface area contributed by atoms with E-state index in [2.05, 4.69) is 15.4 Å².